The Hall–Kier alpha value is -3.22. The number of aliphatic carboxylic acids is 1. The average Bonchev–Trinajstić information content (AvgIpc) is 0.887. The van der Waals surface area contributed by atoms with Gasteiger partial charge in [-0.2, -0.15) is 16.8 Å². The minimum absolute atomic E-state index is 0.0292. The van der Waals surface area contributed by atoms with Crippen molar-refractivity contribution in [3.63, 3.8) is 0 Å². The maximum absolute atomic E-state index is 12.1. The van der Waals surface area contributed by atoms with Crippen LogP contribution in [0.1, 0.15) is 304 Å². The van der Waals surface area contributed by atoms with Crippen molar-refractivity contribution in [2.75, 3.05) is 175 Å². The number of quaternary nitrogens is 1. The lowest BCUT2D eigenvalue weighted by Crippen LogP contribution is -2.49. The molecule has 0 heterocycles. The molecule has 0 aliphatic heterocycles. The number of carboxylic acid groups (broad SMARTS) is 1. The van der Waals surface area contributed by atoms with Gasteiger partial charge in [-0.15, -0.1) is 0 Å². The van der Waals surface area contributed by atoms with E-state index in [9.17, 15) is 62.8 Å². The van der Waals surface area contributed by atoms with E-state index in [-0.39, 0.29) is 60.4 Å². The Bertz CT molecular complexity index is 3490. The number of rotatable bonds is 65. The quantitative estimate of drug-likeness (QED) is 0.0117. The molecule has 2 amide bonds. The van der Waals surface area contributed by atoms with E-state index in [1.807, 2.05) is 27.8 Å². The zero-order valence-electron chi connectivity index (χ0n) is 85.7. The van der Waals surface area contributed by atoms with Crippen LogP contribution in [0.3, 0.4) is 0 Å². The van der Waals surface area contributed by atoms with Crippen molar-refractivity contribution >= 4 is 102 Å². The van der Waals surface area contributed by atoms with Gasteiger partial charge in [-0.05, 0) is 221 Å². The summed E-state index contributed by atoms with van der Waals surface area (Å²) in [5.41, 5.74) is 17.0. The number of hydrogen-bond acceptors (Lipinski definition) is 22. The van der Waals surface area contributed by atoms with Crippen molar-refractivity contribution in [2.45, 2.75) is 334 Å². The van der Waals surface area contributed by atoms with Crippen LogP contribution in [0, 0.1) is 41.4 Å². The lowest BCUT2D eigenvalue weighted by molar-refractivity contribution is -0.870. The molecule has 14 N–H and O–H groups in total. The second-order valence-electron chi connectivity index (χ2n) is 40.1. The van der Waals surface area contributed by atoms with Gasteiger partial charge in [0.1, 0.15) is 17.3 Å². The molecular formula is C94H199N12O19S5+. The van der Waals surface area contributed by atoms with Gasteiger partial charge in [0, 0.05) is 110 Å². The SMILES string of the molecule is C=S(=O)(O)CC(N)C(=O)N(CCC(C)C)CCS(=O)(=O)O.C=S(=O)(O)CCN(CCC(C)C)C1CCCCC1.C=S(=O)(O)CCN(CCN)CCC(C)C.CC(=O)CCCCCNCCN(CCC(C)C)CCS(=O)(=O)O.CC(=O)CCN(CCC(C)C)C1CCCCC1.CC(C)CCN(C)C(=O)C(N)CCCC[N+](C)(C)C.CCCNC(CC(=O)O)C(=O)CCCC(C)C. The van der Waals surface area contributed by atoms with E-state index >= 15 is 0 Å². The van der Waals surface area contributed by atoms with E-state index in [0.29, 0.717) is 92.6 Å². The first-order valence-electron chi connectivity index (χ1n) is 48.7. The van der Waals surface area contributed by atoms with Gasteiger partial charge < -0.3 is 75.5 Å². The summed E-state index contributed by atoms with van der Waals surface area (Å²) in [4.78, 5) is 80.8. The van der Waals surface area contributed by atoms with Gasteiger partial charge in [0.05, 0.1) is 110 Å². The first-order valence-corrected chi connectivity index (χ1v) is 57.5. The van der Waals surface area contributed by atoms with Crippen molar-refractivity contribution in [3.8, 4) is 0 Å². The molecule has 0 radical (unpaired) electrons. The molecule has 0 aromatic carbocycles. The van der Waals surface area contributed by atoms with E-state index in [1.54, 1.807) is 18.7 Å². The fourth-order valence-electron chi connectivity index (χ4n) is 13.8. The predicted octanol–water partition coefficient (Wildman–Crippen LogP) is 12.1. The summed E-state index contributed by atoms with van der Waals surface area (Å²) >= 11 is 0. The van der Waals surface area contributed by atoms with Crippen LogP contribution >= 0.6 is 0 Å². The predicted molar refractivity (Wildman–Crippen MR) is 549 cm³/mol. The monoisotopic (exact) mass is 1960 g/mol. The lowest BCUT2D eigenvalue weighted by atomic mass is 9.93. The van der Waals surface area contributed by atoms with Crippen molar-refractivity contribution in [1.82, 2.24) is 40.0 Å². The number of likely N-dealkylation sites (N-methyl/N-ethyl adjacent to an activating group) is 1. The smallest absolute Gasteiger partial charge is 0.305 e. The van der Waals surface area contributed by atoms with Gasteiger partial charge >= 0.3 is 5.97 Å². The molecule has 2 saturated carbocycles. The Labute approximate surface area is 795 Å². The molecular weight excluding hydrogens is 1760 g/mol. The molecule has 0 aromatic heterocycles. The van der Waals surface area contributed by atoms with E-state index in [2.05, 4.69) is 152 Å². The van der Waals surface area contributed by atoms with Crippen LogP contribution in [0.4, 0.5) is 0 Å². The number of nitrogens with one attached hydrogen (secondary N) is 2. The number of nitrogens with zero attached hydrogens (tertiary/aromatic N) is 7. The second kappa shape index (κ2) is 77.7. The Morgan fingerprint density at radius 1 is 0.431 bits per heavy atom. The van der Waals surface area contributed by atoms with E-state index < -0.39 is 85.1 Å². The summed E-state index contributed by atoms with van der Waals surface area (Å²) in [5, 5.41) is 15.1. The normalized spacial score (nSPS) is 15.6. The van der Waals surface area contributed by atoms with Crippen molar-refractivity contribution < 1.29 is 90.6 Å². The van der Waals surface area contributed by atoms with Crippen LogP contribution in [-0.4, -0.2) is 349 Å². The third-order valence-electron chi connectivity index (χ3n) is 22.1. The van der Waals surface area contributed by atoms with Gasteiger partial charge in [0.15, 0.2) is 0 Å². The Kier molecular flexibility index (Phi) is 80.8. The zero-order valence-corrected chi connectivity index (χ0v) is 89.8. The maximum atomic E-state index is 12.1. The number of carboxylic acids is 1. The summed E-state index contributed by atoms with van der Waals surface area (Å²) < 4.78 is 123. The number of amides is 2. The number of nitrogens with two attached hydrogens (primary N) is 3. The average molecular weight is 1960 g/mol. The zero-order chi connectivity index (χ0) is 101. The van der Waals surface area contributed by atoms with Gasteiger partial charge in [0.25, 0.3) is 20.2 Å². The highest BCUT2D eigenvalue weighted by atomic mass is 32.2. The third-order valence-corrected chi connectivity index (χ3v) is 26.0. The molecule has 36 heteroatoms. The molecule has 2 aliphatic rings. The number of Topliss-reactive ketones (excluding diaryl/α,β-unsaturated/α-hetero) is 3. The molecule has 6 atom stereocenters. The van der Waals surface area contributed by atoms with E-state index in [1.165, 1.54) is 88.5 Å². The fourth-order valence-corrected chi connectivity index (χ4v) is 16.5. The molecule has 2 aliphatic carbocycles. The summed E-state index contributed by atoms with van der Waals surface area (Å²) in [6.07, 6.45) is 30.0. The number of ketones is 3. The van der Waals surface area contributed by atoms with Gasteiger partial charge in [-0.1, -0.05) is 155 Å². The van der Waals surface area contributed by atoms with Crippen LogP contribution in [-0.2, 0) is 78.4 Å². The van der Waals surface area contributed by atoms with Crippen LogP contribution in [0.25, 0.3) is 0 Å². The first-order chi connectivity index (χ1) is 59.9. The van der Waals surface area contributed by atoms with Gasteiger partial charge in [0.2, 0.25) is 11.8 Å². The molecule has 130 heavy (non-hydrogen) atoms. The molecule has 31 nitrogen and oxygen atoms in total. The summed E-state index contributed by atoms with van der Waals surface area (Å²) in [6.45, 7) is 48.6. The molecule has 0 saturated heterocycles. The number of unbranched alkanes of at least 4 members (excludes halogenated alkanes) is 3. The third kappa shape index (κ3) is 96.5. The minimum Gasteiger partial charge on any atom is -0.481 e. The van der Waals surface area contributed by atoms with Crippen molar-refractivity contribution in [1.29, 1.82) is 0 Å². The van der Waals surface area contributed by atoms with Crippen molar-refractivity contribution in [3.05, 3.63) is 0 Å². The topological polar surface area (TPSA) is 465 Å². The number of hydrogen-bond donors (Lipinski definition) is 11. The van der Waals surface area contributed by atoms with Gasteiger partial charge in [-0.3, -0.25) is 42.9 Å². The van der Waals surface area contributed by atoms with Crippen molar-refractivity contribution in [2.24, 2.45) is 58.6 Å². The Morgan fingerprint density at radius 3 is 1.27 bits per heavy atom. The Morgan fingerprint density at radius 2 is 0.854 bits per heavy atom. The fraction of sp³-hybridized carbons (Fsp3) is 0.904. The van der Waals surface area contributed by atoms with Gasteiger partial charge in [-0.25, -0.2) is 12.6 Å². The van der Waals surface area contributed by atoms with Crippen LogP contribution in [0.5, 0.6) is 0 Å². The first kappa shape index (κ1) is 135. The highest BCUT2D eigenvalue weighted by Crippen LogP contribution is 2.25. The van der Waals surface area contributed by atoms with E-state index in [4.69, 9.17) is 40.5 Å². The second-order valence-corrected chi connectivity index (χ2v) is 49.0. The summed E-state index contributed by atoms with van der Waals surface area (Å²) in [7, 11) is -8.80. The largest absolute Gasteiger partial charge is 0.481 e. The number of carbonyl (C=O) groups excluding carboxylic acids is 5. The highest BCUT2D eigenvalue weighted by molar-refractivity contribution is 7.95. The molecule has 6 unspecified atom stereocenters. The van der Waals surface area contributed by atoms with Crippen LogP contribution in [0.15, 0.2) is 0 Å². The summed E-state index contributed by atoms with van der Waals surface area (Å²) in [5.74, 6) is 12.1. The molecule has 2 rings (SSSR count). The maximum Gasteiger partial charge on any atom is 0.305 e. The van der Waals surface area contributed by atoms with E-state index in [0.717, 1.165) is 172 Å². The molecule has 0 bridgehead atoms. The molecule has 0 aromatic rings. The van der Waals surface area contributed by atoms with Crippen LogP contribution < -0.4 is 27.8 Å². The minimum atomic E-state index is -4.21. The Balaban J connectivity index is -0.000000469. The van der Waals surface area contributed by atoms with Crippen LogP contribution in [0.2, 0.25) is 0 Å². The highest BCUT2D eigenvalue weighted by Gasteiger charge is 2.28. The molecule has 778 valence electrons. The molecule has 0 spiro atoms. The lowest BCUT2D eigenvalue weighted by Gasteiger charge is -2.34. The molecule has 2 fully saturated rings. The standard InChI is InChI=1S/C16H34N2O4S.C15H34N3O.C15H29NO.C14H29NO2S.C13H25NO3.C11H24N2O6S2.C10H24N2O2S/c1-15(2)8-11-18(13-14-23(20,21)22)12-10-17-9-6-4-5-7-16(3)19;1-13(2)10-11-17(3)15(19)14(16)9-7-8-12-18(4,5)6;1-13(2)9-11-16(12-10-14(3)17)15-7-5-4-6-8-15;1-13(2)9-10-15(11-12-18(3,16)17)14-7-5-4-6-8-14;1-4-8-14-11(9-13(16)17)12(15)7-5-6-10(2)3;1-9(2)4-5-13(6-7-21(17,18)19)11(14)10(12)8-20(3,15)16;1-10(2)4-6-12(7-5-11)8-9-15(3,13)14/h15,17H,4-14H2,1-3H3,(H,20,21,22);13-14H,7-12,16H2,1-6H3;13,15H,4-12H2,1-3H3;13-14H,3-12H2,1-2H3,(H,16,17);10-11,14H,4-9H2,1-3H3,(H,16,17);9-10H,3-8,12H2,1-2H3,(H,15,16)(H,17,18,19);10H,3-9,11H2,1-2H3,(H,13,14)/q;+1;;;;;. The number of carbonyl (C=O) groups is 6. The summed E-state index contributed by atoms with van der Waals surface area (Å²) in [6, 6.07) is -0.709.